The molecule has 26 heavy (non-hydrogen) atoms. The molecule has 0 unspecified atom stereocenters. The number of ether oxygens (including phenoxy) is 1. The van der Waals surface area contributed by atoms with Crippen molar-refractivity contribution < 1.29 is 14.3 Å². The molecule has 4 aromatic rings. The summed E-state index contributed by atoms with van der Waals surface area (Å²) in [7, 11) is 0. The normalized spacial score (nSPS) is 10.9. The fourth-order valence-corrected chi connectivity index (χ4v) is 3.39. The molecule has 0 saturated heterocycles. The van der Waals surface area contributed by atoms with Crippen molar-refractivity contribution in [2.75, 3.05) is 11.9 Å². The molecule has 0 fully saturated rings. The number of carbonyl (C=O) groups is 2. The van der Waals surface area contributed by atoms with Gasteiger partial charge in [-0.25, -0.2) is 4.98 Å². The number of esters is 1. The molecule has 2 aromatic carbocycles. The van der Waals surface area contributed by atoms with E-state index in [2.05, 4.69) is 10.3 Å². The number of aromatic nitrogens is 2. The summed E-state index contributed by atoms with van der Waals surface area (Å²) in [5, 5.41) is 6.78. The molecule has 130 valence electrons. The van der Waals surface area contributed by atoms with Crippen LogP contribution < -0.4 is 5.32 Å². The average Bonchev–Trinajstić information content (AvgIpc) is 3.21. The van der Waals surface area contributed by atoms with Crippen molar-refractivity contribution in [3.63, 3.8) is 0 Å². The van der Waals surface area contributed by atoms with E-state index >= 15 is 0 Å². The standard InChI is InChI=1S/C19H15N3O3S/c23-17(20-15-6-5-13-3-1-2-4-14(13)9-15)12-25-18(24)10-16-11-22-7-8-26-19(22)21-16/h1-9,11H,10,12H2,(H,20,23). The number of fused-ring (bicyclic) bond motifs is 2. The first kappa shape index (κ1) is 16.3. The highest BCUT2D eigenvalue weighted by Crippen LogP contribution is 2.18. The molecular formula is C19H15N3O3S. The molecule has 1 amide bonds. The topological polar surface area (TPSA) is 72.7 Å². The van der Waals surface area contributed by atoms with Crippen molar-refractivity contribution in [2.24, 2.45) is 0 Å². The van der Waals surface area contributed by atoms with E-state index in [-0.39, 0.29) is 18.9 Å². The van der Waals surface area contributed by atoms with Crippen LogP contribution in [0.25, 0.3) is 15.7 Å². The fourth-order valence-electron chi connectivity index (χ4n) is 2.67. The van der Waals surface area contributed by atoms with Crippen molar-refractivity contribution in [1.82, 2.24) is 9.38 Å². The quantitative estimate of drug-likeness (QED) is 0.551. The van der Waals surface area contributed by atoms with Crippen molar-refractivity contribution in [3.8, 4) is 0 Å². The number of imidazole rings is 1. The second-order valence-electron chi connectivity index (χ2n) is 5.77. The molecule has 6 nitrogen and oxygen atoms in total. The Balaban J connectivity index is 1.31. The lowest BCUT2D eigenvalue weighted by molar-refractivity contribution is -0.146. The highest BCUT2D eigenvalue weighted by Gasteiger charge is 2.12. The van der Waals surface area contributed by atoms with Gasteiger partial charge in [0.15, 0.2) is 11.6 Å². The number of amides is 1. The van der Waals surface area contributed by atoms with E-state index in [1.165, 1.54) is 11.3 Å². The van der Waals surface area contributed by atoms with Gasteiger partial charge in [-0.15, -0.1) is 11.3 Å². The first-order chi connectivity index (χ1) is 12.7. The Morgan fingerprint density at radius 1 is 1.15 bits per heavy atom. The average molecular weight is 365 g/mol. The van der Waals surface area contributed by atoms with Crippen LogP contribution in [-0.4, -0.2) is 27.9 Å². The largest absolute Gasteiger partial charge is 0.455 e. The maximum absolute atomic E-state index is 12.0. The molecule has 4 rings (SSSR count). The summed E-state index contributed by atoms with van der Waals surface area (Å²) in [4.78, 5) is 29.0. The molecule has 0 radical (unpaired) electrons. The fraction of sp³-hybridized carbons (Fsp3) is 0.105. The summed E-state index contributed by atoms with van der Waals surface area (Å²) in [6.45, 7) is -0.326. The summed E-state index contributed by atoms with van der Waals surface area (Å²) in [6.07, 6.45) is 3.69. The zero-order valence-electron chi connectivity index (χ0n) is 13.7. The van der Waals surface area contributed by atoms with Crippen LogP contribution in [0.5, 0.6) is 0 Å². The minimum absolute atomic E-state index is 0.0393. The SMILES string of the molecule is O=C(COC(=O)Cc1cn2ccsc2n1)Nc1ccc2ccccc2c1. The van der Waals surface area contributed by atoms with Crippen LogP contribution in [0, 0.1) is 0 Å². The Hall–Kier alpha value is -3.19. The van der Waals surface area contributed by atoms with Crippen LogP contribution in [0.1, 0.15) is 5.69 Å². The number of nitrogens with one attached hydrogen (secondary N) is 1. The van der Waals surface area contributed by atoms with Crippen LogP contribution in [0.4, 0.5) is 5.69 Å². The summed E-state index contributed by atoms with van der Waals surface area (Å²) >= 11 is 1.49. The predicted molar refractivity (Wildman–Crippen MR) is 100 cm³/mol. The highest BCUT2D eigenvalue weighted by atomic mass is 32.1. The van der Waals surface area contributed by atoms with Crippen LogP contribution in [-0.2, 0) is 20.7 Å². The second-order valence-corrected chi connectivity index (χ2v) is 6.65. The van der Waals surface area contributed by atoms with E-state index in [9.17, 15) is 9.59 Å². The molecule has 2 aromatic heterocycles. The number of thiazole rings is 1. The third kappa shape index (κ3) is 3.57. The van der Waals surface area contributed by atoms with Crippen LogP contribution in [0.3, 0.4) is 0 Å². The Kier molecular flexibility index (Phi) is 4.37. The van der Waals surface area contributed by atoms with E-state index in [1.54, 1.807) is 6.20 Å². The molecule has 2 heterocycles. The number of nitrogens with zero attached hydrogens (tertiary/aromatic N) is 2. The van der Waals surface area contributed by atoms with E-state index in [0.717, 1.165) is 15.7 Å². The Labute approximate surface area is 153 Å². The summed E-state index contributed by atoms with van der Waals surface area (Å²) in [6, 6.07) is 13.5. The molecule has 7 heteroatoms. The minimum Gasteiger partial charge on any atom is -0.455 e. The van der Waals surface area contributed by atoms with Crippen LogP contribution in [0.15, 0.2) is 60.2 Å². The number of hydrogen-bond acceptors (Lipinski definition) is 5. The van der Waals surface area contributed by atoms with Crippen LogP contribution >= 0.6 is 11.3 Å². The van der Waals surface area contributed by atoms with E-state index < -0.39 is 5.97 Å². The van der Waals surface area contributed by atoms with Crippen molar-refractivity contribution in [3.05, 3.63) is 65.9 Å². The van der Waals surface area contributed by atoms with Crippen molar-refractivity contribution in [1.29, 1.82) is 0 Å². The Bertz CT molecular complexity index is 1070. The van der Waals surface area contributed by atoms with E-state index in [0.29, 0.717) is 11.4 Å². The lowest BCUT2D eigenvalue weighted by atomic mass is 10.1. The lowest BCUT2D eigenvalue weighted by Crippen LogP contribution is -2.21. The first-order valence-electron chi connectivity index (χ1n) is 8.03. The maximum atomic E-state index is 12.0. The van der Waals surface area contributed by atoms with Gasteiger partial charge >= 0.3 is 5.97 Å². The molecule has 0 saturated carbocycles. The zero-order valence-corrected chi connectivity index (χ0v) is 14.5. The Morgan fingerprint density at radius 2 is 2.00 bits per heavy atom. The molecule has 0 aliphatic rings. The van der Waals surface area contributed by atoms with Gasteiger partial charge in [0, 0.05) is 23.5 Å². The van der Waals surface area contributed by atoms with E-state index in [1.807, 2.05) is 58.4 Å². The van der Waals surface area contributed by atoms with Gasteiger partial charge in [0.2, 0.25) is 0 Å². The lowest BCUT2D eigenvalue weighted by Gasteiger charge is -2.07. The zero-order chi connectivity index (χ0) is 17.9. The highest BCUT2D eigenvalue weighted by molar-refractivity contribution is 7.15. The molecule has 0 spiro atoms. The van der Waals surface area contributed by atoms with Gasteiger partial charge in [-0.3, -0.25) is 14.0 Å². The number of rotatable bonds is 5. The monoisotopic (exact) mass is 365 g/mol. The molecule has 0 aliphatic heterocycles. The third-order valence-electron chi connectivity index (χ3n) is 3.87. The van der Waals surface area contributed by atoms with Gasteiger partial charge in [-0.05, 0) is 22.9 Å². The molecule has 0 bridgehead atoms. The van der Waals surface area contributed by atoms with Gasteiger partial charge in [0.05, 0.1) is 12.1 Å². The number of carbonyl (C=O) groups excluding carboxylic acids is 2. The summed E-state index contributed by atoms with van der Waals surface area (Å²) < 4.78 is 6.89. The molecular weight excluding hydrogens is 350 g/mol. The number of benzene rings is 2. The van der Waals surface area contributed by atoms with Gasteiger partial charge in [-0.1, -0.05) is 30.3 Å². The first-order valence-corrected chi connectivity index (χ1v) is 8.91. The van der Waals surface area contributed by atoms with Gasteiger partial charge in [-0.2, -0.15) is 0 Å². The smallest absolute Gasteiger partial charge is 0.312 e. The Morgan fingerprint density at radius 3 is 2.85 bits per heavy atom. The van der Waals surface area contributed by atoms with Gasteiger partial charge in [0.25, 0.3) is 5.91 Å². The molecule has 1 N–H and O–H groups in total. The predicted octanol–water partition coefficient (Wildman–Crippen LogP) is 3.27. The summed E-state index contributed by atoms with van der Waals surface area (Å²) in [5.41, 5.74) is 1.29. The van der Waals surface area contributed by atoms with Crippen molar-refractivity contribution in [2.45, 2.75) is 6.42 Å². The maximum Gasteiger partial charge on any atom is 0.312 e. The number of hydrogen-bond donors (Lipinski definition) is 1. The van der Waals surface area contributed by atoms with Crippen molar-refractivity contribution >= 4 is 44.6 Å². The minimum atomic E-state index is -0.482. The third-order valence-corrected chi connectivity index (χ3v) is 4.64. The summed E-state index contributed by atoms with van der Waals surface area (Å²) in [5.74, 6) is -0.858. The van der Waals surface area contributed by atoms with Gasteiger partial charge in [0.1, 0.15) is 0 Å². The van der Waals surface area contributed by atoms with E-state index in [4.69, 9.17) is 4.74 Å². The molecule has 0 aliphatic carbocycles. The number of anilines is 1. The van der Waals surface area contributed by atoms with Crippen LogP contribution in [0.2, 0.25) is 0 Å². The van der Waals surface area contributed by atoms with Gasteiger partial charge < -0.3 is 10.1 Å². The second kappa shape index (κ2) is 6.97. The molecule has 0 atom stereocenters.